The van der Waals surface area contributed by atoms with E-state index >= 15 is 0 Å². The van der Waals surface area contributed by atoms with E-state index in [0.29, 0.717) is 18.0 Å². The van der Waals surface area contributed by atoms with E-state index in [-0.39, 0.29) is 5.91 Å². The van der Waals surface area contributed by atoms with Crippen molar-refractivity contribution >= 4 is 22.2 Å². The smallest absolute Gasteiger partial charge is 0.263 e. The van der Waals surface area contributed by atoms with Gasteiger partial charge in [0.15, 0.2) is 4.96 Å². The van der Waals surface area contributed by atoms with Crippen LogP contribution in [0.3, 0.4) is 0 Å². The maximum atomic E-state index is 12.6. The van der Waals surface area contributed by atoms with E-state index in [1.807, 2.05) is 72.1 Å². The van der Waals surface area contributed by atoms with Crippen molar-refractivity contribution < 1.29 is 14.3 Å². The fourth-order valence-electron chi connectivity index (χ4n) is 2.99. The summed E-state index contributed by atoms with van der Waals surface area (Å²) in [5.74, 6) is 1.40. The zero-order chi connectivity index (χ0) is 20.2. The van der Waals surface area contributed by atoms with Crippen molar-refractivity contribution in [3.63, 3.8) is 0 Å². The Morgan fingerprint density at radius 3 is 2.52 bits per heavy atom. The number of nitrogens with one attached hydrogen (secondary N) is 1. The lowest BCUT2D eigenvalue weighted by Gasteiger charge is -2.08. The van der Waals surface area contributed by atoms with Crippen molar-refractivity contribution in [2.75, 3.05) is 20.3 Å². The quantitative estimate of drug-likeness (QED) is 0.467. The first kappa shape index (κ1) is 19.0. The van der Waals surface area contributed by atoms with Crippen LogP contribution in [0.4, 0.5) is 0 Å². The van der Waals surface area contributed by atoms with Crippen molar-refractivity contribution in [2.24, 2.45) is 0 Å². The van der Waals surface area contributed by atoms with Gasteiger partial charge in [0.05, 0.1) is 19.3 Å². The van der Waals surface area contributed by atoms with E-state index in [9.17, 15) is 4.79 Å². The molecule has 0 atom stereocenters. The van der Waals surface area contributed by atoms with Gasteiger partial charge in [-0.3, -0.25) is 9.20 Å². The second-order valence-corrected chi connectivity index (χ2v) is 7.42. The normalized spacial score (nSPS) is 10.8. The first-order valence-corrected chi connectivity index (χ1v) is 10.1. The maximum Gasteiger partial charge on any atom is 0.263 e. The number of imidazole rings is 1. The summed E-state index contributed by atoms with van der Waals surface area (Å²) < 4.78 is 12.7. The summed E-state index contributed by atoms with van der Waals surface area (Å²) in [6.07, 6.45) is 1.97. The summed E-state index contributed by atoms with van der Waals surface area (Å²) in [7, 11) is 1.62. The lowest BCUT2D eigenvalue weighted by Crippen LogP contribution is -2.28. The summed E-state index contributed by atoms with van der Waals surface area (Å²) in [5.41, 5.74) is 2.84. The highest BCUT2D eigenvalue weighted by atomic mass is 32.1. The van der Waals surface area contributed by atoms with Gasteiger partial charge in [0.25, 0.3) is 5.91 Å². The maximum absolute atomic E-state index is 12.6. The molecule has 0 fully saturated rings. The molecule has 4 rings (SSSR count). The molecule has 7 heteroatoms. The number of thiazole rings is 1. The number of benzene rings is 2. The molecule has 0 radical (unpaired) electrons. The van der Waals surface area contributed by atoms with Gasteiger partial charge in [0.2, 0.25) is 0 Å². The Balaban J connectivity index is 1.37. The number of nitrogens with zero attached hydrogens (tertiary/aromatic N) is 2. The van der Waals surface area contributed by atoms with Crippen molar-refractivity contribution in [2.45, 2.75) is 6.92 Å². The summed E-state index contributed by atoms with van der Waals surface area (Å²) in [5, 5.41) is 2.91. The zero-order valence-corrected chi connectivity index (χ0v) is 17.0. The average Bonchev–Trinajstić information content (AvgIpc) is 3.32. The summed E-state index contributed by atoms with van der Waals surface area (Å²) in [6, 6.07) is 17.4. The molecule has 0 aliphatic rings. The van der Waals surface area contributed by atoms with Gasteiger partial charge in [-0.25, -0.2) is 4.98 Å². The van der Waals surface area contributed by atoms with E-state index in [1.165, 1.54) is 11.3 Å². The second kappa shape index (κ2) is 8.36. The van der Waals surface area contributed by atoms with Crippen LogP contribution in [0, 0.1) is 6.92 Å². The highest BCUT2D eigenvalue weighted by Gasteiger charge is 2.17. The number of rotatable bonds is 7. The van der Waals surface area contributed by atoms with Gasteiger partial charge in [0.1, 0.15) is 23.0 Å². The van der Waals surface area contributed by atoms with E-state index in [1.54, 1.807) is 7.11 Å². The van der Waals surface area contributed by atoms with Crippen molar-refractivity contribution in [1.29, 1.82) is 0 Å². The number of carbonyl (C=O) groups is 1. The minimum atomic E-state index is -0.113. The summed E-state index contributed by atoms with van der Waals surface area (Å²) in [6.45, 7) is 2.74. The number of aryl methyl sites for hydroxylation is 1. The third-order valence-corrected chi connectivity index (χ3v) is 5.70. The Morgan fingerprint density at radius 2 is 1.83 bits per heavy atom. The van der Waals surface area contributed by atoms with Gasteiger partial charge >= 0.3 is 0 Å². The molecular formula is C22H21N3O3S. The number of ether oxygens (including phenoxy) is 2. The average molecular weight is 407 g/mol. The SMILES string of the molecule is COc1ccc(OCCNC(=O)c2sc3nc(-c4ccccc4)cn3c2C)cc1. The Bertz CT molecular complexity index is 1120. The molecule has 2 aromatic carbocycles. The Kier molecular flexibility index (Phi) is 5.48. The highest BCUT2D eigenvalue weighted by Crippen LogP contribution is 2.27. The topological polar surface area (TPSA) is 64.9 Å². The van der Waals surface area contributed by atoms with Gasteiger partial charge in [0, 0.05) is 17.5 Å². The largest absolute Gasteiger partial charge is 0.497 e. The molecule has 0 saturated heterocycles. The molecule has 0 aliphatic carbocycles. The molecule has 1 N–H and O–H groups in total. The first-order valence-electron chi connectivity index (χ1n) is 9.24. The summed E-state index contributed by atoms with van der Waals surface area (Å²) in [4.78, 5) is 18.7. The Labute approximate surface area is 172 Å². The number of carbonyl (C=O) groups excluding carboxylic acids is 1. The first-order chi connectivity index (χ1) is 14.2. The van der Waals surface area contributed by atoms with E-state index in [4.69, 9.17) is 9.47 Å². The monoisotopic (exact) mass is 407 g/mol. The van der Waals surface area contributed by atoms with Crippen LogP contribution < -0.4 is 14.8 Å². The van der Waals surface area contributed by atoms with Crippen LogP contribution >= 0.6 is 11.3 Å². The molecule has 4 aromatic rings. The molecule has 1 amide bonds. The molecule has 0 saturated carbocycles. The third kappa shape index (κ3) is 4.09. The van der Waals surface area contributed by atoms with Gasteiger partial charge < -0.3 is 14.8 Å². The minimum absolute atomic E-state index is 0.113. The fourth-order valence-corrected chi connectivity index (χ4v) is 4.02. The fraction of sp³-hybridized carbons (Fsp3) is 0.182. The lowest BCUT2D eigenvalue weighted by molar-refractivity contribution is 0.0950. The van der Waals surface area contributed by atoms with Gasteiger partial charge in [-0.15, -0.1) is 0 Å². The van der Waals surface area contributed by atoms with Gasteiger partial charge in [-0.1, -0.05) is 41.7 Å². The van der Waals surface area contributed by atoms with Crippen molar-refractivity contribution in [1.82, 2.24) is 14.7 Å². The van der Waals surface area contributed by atoms with E-state index in [0.717, 1.165) is 33.4 Å². The van der Waals surface area contributed by atoms with Crippen LogP contribution in [-0.2, 0) is 0 Å². The molecule has 29 heavy (non-hydrogen) atoms. The van der Waals surface area contributed by atoms with Crippen LogP contribution in [0.15, 0.2) is 60.8 Å². The number of amides is 1. The zero-order valence-electron chi connectivity index (χ0n) is 16.2. The van der Waals surface area contributed by atoms with Crippen LogP contribution in [0.5, 0.6) is 11.5 Å². The number of hydrogen-bond acceptors (Lipinski definition) is 5. The predicted octanol–water partition coefficient (Wildman–Crippen LogP) is 4.19. The molecular weight excluding hydrogens is 386 g/mol. The van der Waals surface area contributed by atoms with Gasteiger partial charge in [-0.05, 0) is 31.2 Å². The van der Waals surface area contributed by atoms with Crippen molar-refractivity contribution in [3.8, 4) is 22.8 Å². The second-order valence-electron chi connectivity index (χ2n) is 6.44. The Morgan fingerprint density at radius 1 is 1.10 bits per heavy atom. The van der Waals surface area contributed by atoms with Gasteiger partial charge in [-0.2, -0.15) is 0 Å². The molecule has 0 unspecified atom stereocenters. The van der Waals surface area contributed by atoms with Crippen molar-refractivity contribution in [3.05, 3.63) is 71.4 Å². The third-order valence-electron chi connectivity index (χ3n) is 4.55. The molecule has 148 valence electrons. The molecule has 0 aliphatic heterocycles. The van der Waals surface area contributed by atoms with E-state index in [2.05, 4.69) is 10.3 Å². The molecule has 0 spiro atoms. The summed E-state index contributed by atoms with van der Waals surface area (Å²) >= 11 is 1.39. The number of methoxy groups -OCH3 is 1. The standard InChI is InChI=1S/C22H21N3O3S/c1-15-20(21(26)23-12-13-28-18-10-8-17(27-2)9-11-18)29-22-24-19(14-25(15)22)16-6-4-3-5-7-16/h3-11,14H,12-13H2,1-2H3,(H,23,26). The molecule has 0 bridgehead atoms. The highest BCUT2D eigenvalue weighted by molar-refractivity contribution is 7.19. The number of aromatic nitrogens is 2. The Hall–Kier alpha value is -3.32. The van der Waals surface area contributed by atoms with Crippen LogP contribution in [-0.4, -0.2) is 35.6 Å². The molecule has 2 heterocycles. The predicted molar refractivity (Wildman–Crippen MR) is 114 cm³/mol. The van der Waals surface area contributed by atoms with E-state index < -0.39 is 0 Å². The molecule has 2 aromatic heterocycles. The van der Waals surface area contributed by atoms with Crippen LogP contribution in [0.25, 0.3) is 16.2 Å². The number of fused-ring (bicyclic) bond motifs is 1. The number of hydrogen-bond donors (Lipinski definition) is 1. The lowest BCUT2D eigenvalue weighted by atomic mass is 10.2. The molecule has 6 nitrogen and oxygen atoms in total. The minimum Gasteiger partial charge on any atom is -0.497 e. The van der Waals surface area contributed by atoms with Crippen LogP contribution in [0.1, 0.15) is 15.4 Å². The van der Waals surface area contributed by atoms with Crippen LogP contribution in [0.2, 0.25) is 0 Å².